The van der Waals surface area contributed by atoms with Crippen LogP contribution in [0.2, 0.25) is 0 Å². The lowest BCUT2D eigenvalue weighted by Crippen LogP contribution is -2.34. The number of aliphatic hydroxyl groups is 4. The van der Waals surface area contributed by atoms with Crippen LogP contribution in [0.15, 0.2) is 36.4 Å². The van der Waals surface area contributed by atoms with Gasteiger partial charge < -0.3 is 25.2 Å². The van der Waals surface area contributed by atoms with Crippen molar-refractivity contribution in [1.29, 1.82) is 0 Å². The third-order valence-corrected chi connectivity index (χ3v) is 5.08. The lowest BCUT2D eigenvalue weighted by atomic mass is 9.76. The molecule has 6 heteroatoms. The molecular formula is C25H34O6. The first-order chi connectivity index (χ1) is 13.8. The van der Waals surface area contributed by atoms with Crippen LogP contribution in [0.3, 0.4) is 0 Å². The van der Waals surface area contributed by atoms with Crippen molar-refractivity contribution >= 4 is 5.97 Å². The van der Waals surface area contributed by atoms with Crippen molar-refractivity contribution in [1.82, 2.24) is 0 Å². The Morgan fingerprint density at radius 2 is 1.13 bits per heavy atom. The molecule has 0 aromatic heterocycles. The number of carbonyl (C=O) groups excluding carboxylic acids is 1. The summed E-state index contributed by atoms with van der Waals surface area (Å²) in [5.41, 5.74) is -3.66. The first-order valence-corrected chi connectivity index (χ1v) is 10.2. The van der Waals surface area contributed by atoms with Gasteiger partial charge in [0, 0.05) is 5.56 Å². The van der Waals surface area contributed by atoms with Crippen LogP contribution < -0.4 is 4.74 Å². The zero-order chi connectivity index (χ0) is 24.0. The van der Waals surface area contributed by atoms with Crippen molar-refractivity contribution in [2.75, 3.05) is 0 Å². The molecule has 4 N–H and O–H groups in total. The van der Waals surface area contributed by atoms with Gasteiger partial charge in [0.25, 0.3) is 0 Å². The highest BCUT2D eigenvalue weighted by molar-refractivity contribution is 5.93. The van der Waals surface area contributed by atoms with E-state index >= 15 is 0 Å². The van der Waals surface area contributed by atoms with Gasteiger partial charge in [0.2, 0.25) is 0 Å². The molecule has 0 aliphatic rings. The van der Waals surface area contributed by atoms with Crippen molar-refractivity contribution in [2.24, 2.45) is 0 Å². The quantitative estimate of drug-likeness (QED) is 0.410. The van der Waals surface area contributed by atoms with Gasteiger partial charge in [-0.15, -0.1) is 0 Å². The second kappa shape index (κ2) is 8.02. The number of ether oxygens (including phenoxy) is 1. The lowest BCUT2D eigenvalue weighted by Gasteiger charge is -2.35. The Labute approximate surface area is 184 Å². The van der Waals surface area contributed by atoms with Gasteiger partial charge in [0.15, 0.2) is 0 Å². The molecule has 2 rings (SSSR count). The molecule has 2 aromatic carbocycles. The van der Waals surface area contributed by atoms with E-state index in [4.69, 9.17) is 4.74 Å². The average Bonchev–Trinajstić information content (AvgIpc) is 2.57. The highest BCUT2D eigenvalue weighted by atomic mass is 16.5. The maximum Gasteiger partial charge on any atom is 0.343 e. The summed E-state index contributed by atoms with van der Waals surface area (Å²) in [6.07, 6.45) is 0. The molecule has 0 atom stereocenters. The summed E-state index contributed by atoms with van der Waals surface area (Å²) in [5, 5.41) is 42.5. The molecule has 6 nitrogen and oxygen atoms in total. The van der Waals surface area contributed by atoms with E-state index in [9.17, 15) is 25.2 Å². The van der Waals surface area contributed by atoms with Crippen LogP contribution in [-0.2, 0) is 22.4 Å². The zero-order valence-corrected chi connectivity index (χ0v) is 19.6. The molecule has 0 saturated carbocycles. The molecule has 2 aromatic rings. The van der Waals surface area contributed by atoms with E-state index in [-0.39, 0.29) is 22.4 Å². The minimum atomic E-state index is -1.50. The monoisotopic (exact) mass is 430 g/mol. The number of hydrogen-bond acceptors (Lipinski definition) is 6. The fourth-order valence-electron chi connectivity index (χ4n) is 3.65. The van der Waals surface area contributed by atoms with Gasteiger partial charge in [-0.05, 0) is 90.3 Å². The molecule has 31 heavy (non-hydrogen) atoms. The normalized spacial score (nSPS) is 13.3. The fourth-order valence-corrected chi connectivity index (χ4v) is 3.65. The van der Waals surface area contributed by atoms with Crippen molar-refractivity contribution in [2.45, 2.75) is 77.8 Å². The predicted octanol–water partition coefficient (Wildman–Crippen LogP) is 3.82. The molecule has 170 valence electrons. The van der Waals surface area contributed by atoms with Gasteiger partial charge >= 0.3 is 5.97 Å². The highest BCUT2D eigenvalue weighted by Gasteiger charge is 2.38. The molecule has 0 fully saturated rings. The molecule has 0 saturated heterocycles. The summed E-state index contributed by atoms with van der Waals surface area (Å²) in [7, 11) is 0. The number of benzene rings is 2. The molecule has 0 radical (unpaired) electrons. The van der Waals surface area contributed by atoms with Gasteiger partial charge in [0.1, 0.15) is 5.75 Å². The van der Waals surface area contributed by atoms with E-state index in [2.05, 4.69) is 0 Å². The topological polar surface area (TPSA) is 107 Å². The molecule has 0 aliphatic heterocycles. The largest absolute Gasteiger partial charge is 0.423 e. The first-order valence-electron chi connectivity index (χ1n) is 10.2. The summed E-state index contributed by atoms with van der Waals surface area (Å²) >= 11 is 0. The van der Waals surface area contributed by atoms with E-state index in [1.165, 1.54) is 33.8 Å². The van der Waals surface area contributed by atoms with Gasteiger partial charge in [-0.2, -0.15) is 0 Å². The van der Waals surface area contributed by atoms with Crippen LogP contribution in [-0.4, -0.2) is 26.4 Å². The number of carbonyl (C=O) groups is 1. The molecular weight excluding hydrogens is 396 g/mol. The summed E-state index contributed by atoms with van der Waals surface area (Å²) in [5.74, 6) is -0.433. The Kier molecular flexibility index (Phi) is 6.47. The maximum absolute atomic E-state index is 13.1. The third kappa shape index (κ3) is 5.71. The first kappa shape index (κ1) is 25.0. The van der Waals surface area contributed by atoms with E-state index < -0.39 is 28.4 Å². The van der Waals surface area contributed by atoms with Crippen LogP contribution in [0.1, 0.15) is 88.0 Å². The minimum Gasteiger partial charge on any atom is -0.423 e. The number of esters is 1. The maximum atomic E-state index is 13.1. The zero-order valence-electron chi connectivity index (χ0n) is 19.6. The highest BCUT2D eigenvalue weighted by Crippen LogP contribution is 2.40. The summed E-state index contributed by atoms with van der Waals surface area (Å²) in [4.78, 5) is 13.1. The van der Waals surface area contributed by atoms with E-state index in [1.54, 1.807) is 58.0 Å². The van der Waals surface area contributed by atoms with Crippen LogP contribution in [0.25, 0.3) is 0 Å². The van der Waals surface area contributed by atoms with Crippen LogP contribution in [0.5, 0.6) is 5.75 Å². The Morgan fingerprint density at radius 1 is 0.645 bits per heavy atom. The average molecular weight is 431 g/mol. The predicted molar refractivity (Wildman–Crippen MR) is 119 cm³/mol. The number of hydrogen-bond donors (Lipinski definition) is 4. The van der Waals surface area contributed by atoms with Crippen molar-refractivity contribution in [3.05, 3.63) is 64.2 Å². The molecule has 0 aliphatic carbocycles. The molecule has 0 spiro atoms. The second-order valence-corrected chi connectivity index (χ2v) is 10.1. The van der Waals surface area contributed by atoms with Gasteiger partial charge in [-0.25, -0.2) is 4.79 Å². The Hall–Kier alpha value is -2.25. The van der Waals surface area contributed by atoms with Crippen molar-refractivity contribution in [3.63, 3.8) is 0 Å². The van der Waals surface area contributed by atoms with Crippen molar-refractivity contribution in [3.8, 4) is 5.75 Å². The smallest absolute Gasteiger partial charge is 0.343 e. The lowest BCUT2D eigenvalue weighted by molar-refractivity contribution is 0.0368. The van der Waals surface area contributed by atoms with Gasteiger partial charge in [-0.3, -0.25) is 0 Å². The third-order valence-electron chi connectivity index (χ3n) is 5.08. The van der Waals surface area contributed by atoms with E-state index in [1.807, 2.05) is 0 Å². The Morgan fingerprint density at radius 3 is 1.52 bits per heavy atom. The van der Waals surface area contributed by atoms with Crippen LogP contribution >= 0.6 is 0 Å². The molecule has 0 unspecified atom stereocenters. The summed E-state index contributed by atoms with van der Waals surface area (Å²) in [6, 6.07) is 9.55. The minimum absolute atomic E-state index is 0.0872. The Bertz CT molecular complexity index is 946. The Balaban J connectivity index is 2.62. The van der Waals surface area contributed by atoms with Crippen LogP contribution in [0, 0.1) is 0 Å². The van der Waals surface area contributed by atoms with E-state index in [0.717, 1.165) is 0 Å². The SMILES string of the molecule is CC(C)(O)c1ccc(OC(=O)c2ccc(C(C)(C)O)c(C(C)(C)O)c2C(C)(C)O)cc1. The van der Waals surface area contributed by atoms with Gasteiger partial charge in [0.05, 0.1) is 28.0 Å². The van der Waals surface area contributed by atoms with E-state index in [0.29, 0.717) is 11.1 Å². The second-order valence-electron chi connectivity index (χ2n) is 10.1. The molecule has 0 bridgehead atoms. The van der Waals surface area contributed by atoms with Crippen LogP contribution in [0.4, 0.5) is 0 Å². The molecule has 0 heterocycles. The standard InChI is InChI=1S/C25H34O6/c1-22(2,27)15-9-11-16(12-10-15)31-21(26)17-13-14-18(23(3,4)28)20(25(7,8)30)19(17)24(5,6)29/h9-14,27-30H,1-8H3. The fraction of sp³-hybridized carbons (Fsp3) is 0.480. The number of rotatable bonds is 6. The molecule has 0 amide bonds. The van der Waals surface area contributed by atoms with Gasteiger partial charge in [-0.1, -0.05) is 18.2 Å². The summed E-state index contributed by atoms with van der Waals surface area (Å²) < 4.78 is 5.52. The van der Waals surface area contributed by atoms with Crippen molar-refractivity contribution < 1.29 is 30.0 Å². The summed E-state index contributed by atoms with van der Waals surface area (Å²) in [6.45, 7) is 12.6.